The van der Waals surface area contributed by atoms with Crippen molar-refractivity contribution in [2.45, 2.75) is 19.1 Å². The molecule has 0 radical (unpaired) electrons. The summed E-state index contributed by atoms with van der Waals surface area (Å²) in [6, 6.07) is -1.66. The molecule has 0 aliphatic rings. The highest BCUT2D eigenvalue weighted by Crippen LogP contribution is 1.95. The summed E-state index contributed by atoms with van der Waals surface area (Å²) in [6.45, 7) is 4.05. The molecule has 0 heterocycles. The number of aliphatic hydroxyl groups excluding tert-OH is 1. The second kappa shape index (κ2) is 9.36. The van der Waals surface area contributed by atoms with E-state index in [1.165, 1.54) is 0 Å². The van der Waals surface area contributed by atoms with Crippen LogP contribution in [0.5, 0.6) is 0 Å². The molecule has 0 saturated heterocycles. The average Bonchev–Trinajstić information content (AvgIpc) is 2.39. The number of amidine groups is 1. The van der Waals surface area contributed by atoms with E-state index in [0.717, 1.165) is 6.92 Å². The number of nitrogens with two attached hydrogens (primary N) is 1. The van der Waals surface area contributed by atoms with Crippen LogP contribution < -0.4 is 15.2 Å². The molecule has 12 heteroatoms. The number of oxime groups is 1. The summed E-state index contributed by atoms with van der Waals surface area (Å²) in [5, 5.41) is 21.4. The van der Waals surface area contributed by atoms with Gasteiger partial charge in [0.05, 0.1) is 12.6 Å². The smallest absolute Gasteiger partial charge is 0.324 e. The Balaban J connectivity index is 4.29. The molecular formula is C9H19N5O6S. The van der Waals surface area contributed by atoms with E-state index < -0.39 is 28.3 Å². The van der Waals surface area contributed by atoms with Gasteiger partial charge >= 0.3 is 5.97 Å². The van der Waals surface area contributed by atoms with E-state index in [9.17, 15) is 13.2 Å². The molecule has 122 valence electrons. The quantitative estimate of drug-likeness (QED) is 0.125. The Morgan fingerprint density at radius 1 is 1.52 bits per heavy atom. The fraction of sp³-hybridized carbons (Fsp3) is 0.667. The summed E-state index contributed by atoms with van der Waals surface area (Å²) in [5.41, 5.74) is 5.23. The molecule has 0 saturated carbocycles. The third-order valence-electron chi connectivity index (χ3n) is 2.05. The molecule has 11 nitrogen and oxygen atoms in total. The van der Waals surface area contributed by atoms with Crippen LogP contribution in [0, 0.1) is 0 Å². The van der Waals surface area contributed by atoms with Crippen LogP contribution in [0.15, 0.2) is 10.1 Å². The Labute approximate surface area is 122 Å². The first-order chi connectivity index (χ1) is 9.73. The van der Waals surface area contributed by atoms with Crippen molar-refractivity contribution in [2.24, 2.45) is 15.9 Å². The maximum atomic E-state index is 11.5. The Morgan fingerprint density at radius 3 is 2.57 bits per heavy atom. The highest BCUT2D eigenvalue weighted by Gasteiger charge is 2.27. The van der Waals surface area contributed by atoms with Crippen molar-refractivity contribution in [3.63, 3.8) is 0 Å². The van der Waals surface area contributed by atoms with Gasteiger partial charge in [-0.25, -0.2) is 4.99 Å². The van der Waals surface area contributed by atoms with E-state index in [1.807, 2.05) is 4.72 Å². The number of nitrogens with one attached hydrogen (secondary N) is 2. The Bertz CT molecular complexity index is 477. The van der Waals surface area contributed by atoms with E-state index in [-0.39, 0.29) is 25.5 Å². The maximum Gasteiger partial charge on any atom is 0.324 e. The molecule has 0 aromatic rings. The van der Waals surface area contributed by atoms with Crippen LogP contribution in [-0.4, -0.2) is 69.0 Å². The van der Waals surface area contributed by atoms with Crippen LogP contribution in [0.2, 0.25) is 0 Å². The van der Waals surface area contributed by atoms with Crippen LogP contribution in [-0.2, 0) is 19.8 Å². The van der Waals surface area contributed by atoms with Crippen molar-refractivity contribution in [3.05, 3.63) is 0 Å². The fourth-order valence-electron chi connectivity index (χ4n) is 1.04. The van der Waals surface area contributed by atoms with E-state index in [0.29, 0.717) is 0 Å². The first-order valence-corrected chi connectivity index (χ1v) is 7.25. The minimum absolute atomic E-state index is 0.0193. The topological polar surface area (TPSA) is 176 Å². The third-order valence-corrected chi connectivity index (χ3v) is 3.20. The maximum absolute atomic E-state index is 11.5. The van der Waals surface area contributed by atoms with Crippen LogP contribution in [0.25, 0.3) is 0 Å². The summed E-state index contributed by atoms with van der Waals surface area (Å²) in [5.74, 6) is -1.35. The SMILES string of the molecule is C=N/C(CN)=N\OCCNS(=O)(=O)NC(C(=O)O)C(C)O. The molecule has 0 aromatic heterocycles. The number of carboxylic acids is 1. The van der Waals surface area contributed by atoms with Crippen LogP contribution >= 0.6 is 0 Å². The molecule has 0 rings (SSSR count). The van der Waals surface area contributed by atoms with Crippen molar-refractivity contribution in [1.82, 2.24) is 9.44 Å². The molecule has 0 aliphatic carbocycles. The predicted octanol–water partition coefficient (Wildman–Crippen LogP) is -2.77. The lowest BCUT2D eigenvalue weighted by Gasteiger charge is -2.17. The first-order valence-electron chi connectivity index (χ1n) is 5.77. The van der Waals surface area contributed by atoms with Crippen LogP contribution in [0.3, 0.4) is 0 Å². The van der Waals surface area contributed by atoms with Gasteiger partial charge in [-0.15, -0.1) is 0 Å². The second-order valence-corrected chi connectivity index (χ2v) is 5.31. The average molecular weight is 325 g/mol. The van der Waals surface area contributed by atoms with Crippen molar-refractivity contribution in [2.75, 3.05) is 19.7 Å². The van der Waals surface area contributed by atoms with Gasteiger partial charge in [0.15, 0.2) is 5.84 Å². The summed E-state index contributed by atoms with van der Waals surface area (Å²) >= 11 is 0. The van der Waals surface area contributed by atoms with Gasteiger partial charge < -0.3 is 20.8 Å². The molecule has 0 amide bonds. The van der Waals surface area contributed by atoms with Gasteiger partial charge in [-0.1, -0.05) is 5.16 Å². The van der Waals surface area contributed by atoms with Gasteiger partial charge in [0.2, 0.25) is 0 Å². The number of nitrogens with zero attached hydrogens (tertiary/aromatic N) is 2. The normalized spacial score (nSPS) is 15.3. The minimum Gasteiger partial charge on any atom is -0.480 e. The highest BCUT2D eigenvalue weighted by molar-refractivity contribution is 7.87. The van der Waals surface area contributed by atoms with Gasteiger partial charge in [0, 0.05) is 6.54 Å². The number of hydrogen-bond acceptors (Lipinski definition) is 7. The molecule has 0 bridgehead atoms. The number of rotatable bonds is 10. The lowest BCUT2D eigenvalue weighted by Crippen LogP contribution is -2.51. The van der Waals surface area contributed by atoms with E-state index in [4.69, 9.17) is 20.8 Å². The van der Waals surface area contributed by atoms with Crippen molar-refractivity contribution in [3.8, 4) is 0 Å². The monoisotopic (exact) mass is 325 g/mol. The summed E-state index contributed by atoms with van der Waals surface area (Å²) in [7, 11) is -4.11. The van der Waals surface area contributed by atoms with Crippen molar-refractivity contribution in [1.29, 1.82) is 0 Å². The molecular weight excluding hydrogens is 306 g/mol. The van der Waals surface area contributed by atoms with Crippen LogP contribution in [0.1, 0.15) is 6.92 Å². The van der Waals surface area contributed by atoms with E-state index in [2.05, 4.69) is 16.9 Å². The predicted molar refractivity (Wildman–Crippen MR) is 75.2 cm³/mol. The molecule has 0 spiro atoms. The third kappa shape index (κ3) is 8.31. The van der Waals surface area contributed by atoms with Gasteiger partial charge in [-0.3, -0.25) is 4.79 Å². The Hall–Kier alpha value is -1.60. The zero-order chi connectivity index (χ0) is 16.5. The van der Waals surface area contributed by atoms with E-state index in [1.54, 1.807) is 4.72 Å². The van der Waals surface area contributed by atoms with Gasteiger partial charge in [-0.05, 0) is 13.6 Å². The standard InChI is InChI=1S/C9H19N5O6S/c1-6(15)8(9(16)17)14-21(18,19)12-3-4-20-13-7(5-10)11-2/h6,8,12,14-15H,2-5,10H2,1H3,(H,16,17)/b13-7-. The number of aliphatic carboxylic acids is 1. The molecule has 0 fully saturated rings. The summed E-state index contributed by atoms with van der Waals surface area (Å²) in [4.78, 5) is 18.9. The molecule has 6 N–H and O–H groups in total. The number of aliphatic hydroxyl groups is 1. The minimum atomic E-state index is -4.11. The fourth-order valence-corrected chi connectivity index (χ4v) is 2.10. The zero-order valence-corrected chi connectivity index (χ0v) is 12.2. The number of carboxylic acid groups (broad SMARTS) is 1. The molecule has 2 atom stereocenters. The largest absolute Gasteiger partial charge is 0.480 e. The lowest BCUT2D eigenvalue weighted by molar-refractivity contribution is -0.141. The Morgan fingerprint density at radius 2 is 2.14 bits per heavy atom. The van der Waals surface area contributed by atoms with Gasteiger partial charge in [0.1, 0.15) is 12.6 Å². The molecule has 2 unspecified atom stereocenters. The molecule has 0 aromatic carbocycles. The number of hydrogen-bond donors (Lipinski definition) is 5. The molecule has 0 aliphatic heterocycles. The first kappa shape index (κ1) is 19.4. The summed E-state index contributed by atoms with van der Waals surface area (Å²) < 4.78 is 26.9. The van der Waals surface area contributed by atoms with E-state index >= 15 is 0 Å². The van der Waals surface area contributed by atoms with Crippen LogP contribution in [0.4, 0.5) is 0 Å². The second-order valence-electron chi connectivity index (χ2n) is 3.78. The number of carbonyl (C=O) groups is 1. The van der Waals surface area contributed by atoms with Crippen molar-refractivity contribution >= 4 is 28.7 Å². The Kier molecular flexibility index (Phi) is 8.64. The summed E-state index contributed by atoms with van der Waals surface area (Å²) in [6.07, 6.45) is -1.40. The molecule has 21 heavy (non-hydrogen) atoms. The van der Waals surface area contributed by atoms with Gasteiger partial charge in [0.25, 0.3) is 10.2 Å². The van der Waals surface area contributed by atoms with Crippen molar-refractivity contribution < 1.29 is 28.3 Å². The van der Waals surface area contributed by atoms with Gasteiger partial charge in [-0.2, -0.15) is 17.9 Å². The number of aliphatic imine (C=N–C) groups is 1. The zero-order valence-electron chi connectivity index (χ0n) is 11.4. The highest BCUT2D eigenvalue weighted by atomic mass is 32.2. The lowest BCUT2D eigenvalue weighted by atomic mass is 10.2.